The van der Waals surface area contributed by atoms with Crippen LogP contribution in [-0.2, 0) is 36.1 Å². The highest BCUT2D eigenvalue weighted by Crippen LogP contribution is 2.36. The number of carbonyl (C=O) groups is 1. The lowest BCUT2D eigenvalue weighted by Gasteiger charge is -2.18. The number of benzene rings is 2. The van der Waals surface area contributed by atoms with Crippen molar-refractivity contribution < 1.29 is 14.6 Å². The molecule has 0 aliphatic heterocycles. The first-order chi connectivity index (χ1) is 17.7. The molecule has 0 bridgehead atoms. The Morgan fingerprint density at radius 3 is 2.51 bits per heavy atom. The predicted octanol–water partition coefficient (Wildman–Crippen LogP) is 5.73. The van der Waals surface area contributed by atoms with Crippen molar-refractivity contribution in [2.45, 2.75) is 72.4 Å². The van der Waals surface area contributed by atoms with Crippen LogP contribution in [0.4, 0.5) is 0 Å². The van der Waals surface area contributed by atoms with E-state index in [1.807, 2.05) is 23.6 Å². The van der Waals surface area contributed by atoms with Gasteiger partial charge in [-0.3, -0.25) is 0 Å². The predicted molar refractivity (Wildman–Crippen MR) is 144 cm³/mol. The lowest BCUT2D eigenvalue weighted by molar-refractivity contribution is 0.0469. The Hall–Kier alpha value is -3.69. The molecule has 0 atom stereocenters. The highest BCUT2D eigenvalue weighted by molar-refractivity contribution is 5.90. The number of aromatic nitrogens is 2. The second-order valence-corrected chi connectivity index (χ2v) is 10.1. The average molecular weight is 498 g/mol. The molecule has 1 aromatic heterocycles. The summed E-state index contributed by atoms with van der Waals surface area (Å²) in [4.78, 5) is 17.8. The quantitative estimate of drug-likeness (QED) is 0.333. The van der Waals surface area contributed by atoms with Gasteiger partial charge in [-0.05, 0) is 74.8 Å². The molecule has 0 unspecified atom stereocenters. The van der Waals surface area contributed by atoms with E-state index in [1.165, 1.54) is 11.1 Å². The van der Waals surface area contributed by atoms with Crippen LogP contribution in [0.3, 0.4) is 0 Å². The Bertz CT molecular complexity index is 1400. The lowest BCUT2D eigenvalue weighted by Crippen LogP contribution is -2.23. The number of allylic oxidation sites excluding steroid dienone is 1. The Labute approximate surface area is 219 Å². The summed E-state index contributed by atoms with van der Waals surface area (Å²) in [6.45, 7) is 9.68. The van der Waals surface area contributed by atoms with E-state index in [0.717, 1.165) is 47.4 Å². The van der Waals surface area contributed by atoms with Gasteiger partial charge in [0, 0.05) is 24.1 Å². The molecule has 1 N–H and O–H groups in total. The van der Waals surface area contributed by atoms with E-state index in [1.54, 1.807) is 20.8 Å². The molecule has 3 aromatic rings. The molecule has 0 radical (unpaired) electrons. The van der Waals surface area contributed by atoms with Crippen LogP contribution in [0.5, 0.6) is 0 Å². The fraction of sp³-hybridized carbons (Fsp3) is 0.387. The standard InChI is InChI=1S/C31H35N3O3/c1-6-10-26-33-29(31(4,5)36)28(30(35)37-7-2)34(26)19-21-13-16-25-23(17-21)15-14-22-11-8-9-12-24(22)27(25)20(3)18-32/h8-9,11-13,16-17,36H,6-7,10,14-15,19H2,1-5H3/b27-20-. The number of imidazole rings is 1. The molecule has 6 nitrogen and oxygen atoms in total. The van der Waals surface area contributed by atoms with Gasteiger partial charge < -0.3 is 14.4 Å². The average Bonchev–Trinajstić information content (AvgIpc) is 3.14. The Morgan fingerprint density at radius 2 is 1.84 bits per heavy atom. The first-order valence-corrected chi connectivity index (χ1v) is 13.0. The minimum atomic E-state index is -1.29. The van der Waals surface area contributed by atoms with E-state index >= 15 is 0 Å². The number of ether oxygens (including phenoxy) is 1. The largest absolute Gasteiger partial charge is 0.461 e. The number of fused-ring (bicyclic) bond motifs is 2. The molecule has 0 saturated carbocycles. The summed E-state index contributed by atoms with van der Waals surface area (Å²) >= 11 is 0. The smallest absolute Gasteiger partial charge is 0.357 e. The maximum absolute atomic E-state index is 13.1. The van der Waals surface area contributed by atoms with Crippen LogP contribution in [0.15, 0.2) is 48.0 Å². The summed E-state index contributed by atoms with van der Waals surface area (Å²) < 4.78 is 7.28. The number of aryl methyl sites for hydroxylation is 3. The number of aliphatic hydroxyl groups is 1. The van der Waals surface area contributed by atoms with Crippen LogP contribution >= 0.6 is 0 Å². The van der Waals surface area contributed by atoms with Crippen molar-refractivity contribution in [2.75, 3.05) is 6.61 Å². The number of esters is 1. The number of carbonyl (C=O) groups excluding carboxylic acids is 1. The van der Waals surface area contributed by atoms with E-state index in [0.29, 0.717) is 29.9 Å². The molecule has 6 heteroatoms. The zero-order chi connectivity index (χ0) is 26.7. The van der Waals surface area contributed by atoms with Crippen LogP contribution in [0.2, 0.25) is 0 Å². The second kappa shape index (κ2) is 10.7. The van der Waals surface area contributed by atoms with Crippen molar-refractivity contribution >= 4 is 11.5 Å². The van der Waals surface area contributed by atoms with Crippen molar-refractivity contribution in [3.63, 3.8) is 0 Å². The first kappa shape index (κ1) is 26.4. The monoisotopic (exact) mass is 497 g/mol. The summed E-state index contributed by atoms with van der Waals surface area (Å²) in [6, 6.07) is 17.0. The third kappa shape index (κ3) is 5.23. The molecule has 0 saturated heterocycles. The van der Waals surface area contributed by atoms with Crippen molar-refractivity contribution in [3.05, 3.63) is 93.1 Å². The highest BCUT2D eigenvalue weighted by Gasteiger charge is 2.32. The maximum Gasteiger partial charge on any atom is 0.357 e. The highest BCUT2D eigenvalue weighted by atomic mass is 16.5. The molecule has 4 rings (SSSR count). The normalized spacial score (nSPS) is 14.3. The molecule has 0 fully saturated rings. The van der Waals surface area contributed by atoms with E-state index in [9.17, 15) is 15.2 Å². The molecular weight excluding hydrogens is 462 g/mol. The number of rotatable bonds is 7. The number of nitriles is 1. The van der Waals surface area contributed by atoms with Gasteiger partial charge in [0.1, 0.15) is 17.1 Å². The molecule has 1 aliphatic rings. The van der Waals surface area contributed by atoms with Gasteiger partial charge in [0.25, 0.3) is 0 Å². The second-order valence-electron chi connectivity index (χ2n) is 10.1. The van der Waals surface area contributed by atoms with Gasteiger partial charge in [0.15, 0.2) is 5.69 Å². The summed E-state index contributed by atoms with van der Waals surface area (Å²) in [7, 11) is 0. The summed E-state index contributed by atoms with van der Waals surface area (Å²) in [6.07, 6.45) is 3.28. The fourth-order valence-corrected chi connectivity index (χ4v) is 5.15. The van der Waals surface area contributed by atoms with Gasteiger partial charge in [0.2, 0.25) is 0 Å². The van der Waals surface area contributed by atoms with Gasteiger partial charge in [0.05, 0.1) is 12.7 Å². The van der Waals surface area contributed by atoms with Crippen LogP contribution < -0.4 is 0 Å². The Kier molecular flexibility index (Phi) is 7.65. The molecule has 2 aromatic carbocycles. The van der Waals surface area contributed by atoms with Crippen LogP contribution in [-0.4, -0.2) is 27.2 Å². The third-order valence-electron chi connectivity index (χ3n) is 6.84. The van der Waals surface area contributed by atoms with E-state index in [-0.39, 0.29) is 6.61 Å². The SMILES string of the molecule is CCCc1nc(C(C)(C)O)c(C(=O)OCC)n1Cc1ccc2c(c1)CCc1ccccc1/C2=C(\C)C#N. The van der Waals surface area contributed by atoms with Crippen LogP contribution in [0, 0.1) is 11.3 Å². The van der Waals surface area contributed by atoms with Crippen molar-refractivity contribution in [1.29, 1.82) is 5.26 Å². The zero-order valence-electron chi connectivity index (χ0n) is 22.4. The van der Waals surface area contributed by atoms with E-state index < -0.39 is 11.6 Å². The van der Waals surface area contributed by atoms with Crippen LogP contribution in [0.25, 0.3) is 5.57 Å². The van der Waals surface area contributed by atoms with Crippen molar-refractivity contribution in [3.8, 4) is 6.07 Å². The summed E-state index contributed by atoms with van der Waals surface area (Å²) in [5, 5.41) is 20.6. The van der Waals surface area contributed by atoms with Gasteiger partial charge in [-0.15, -0.1) is 0 Å². The molecule has 1 heterocycles. The van der Waals surface area contributed by atoms with E-state index in [2.05, 4.69) is 43.3 Å². The minimum Gasteiger partial charge on any atom is -0.461 e. The Morgan fingerprint density at radius 1 is 1.14 bits per heavy atom. The van der Waals surface area contributed by atoms with Gasteiger partial charge >= 0.3 is 5.97 Å². The molecule has 37 heavy (non-hydrogen) atoms. The number of hydrogen-bond acceptors (Lipinski definition) is 5. The topological polar surface area (TPSA) is 88.1 Å². The van der Waals surface area contributed by atoms with Crippen molar-refractivity contribution in [2.24, 2.45) is 0 Å². The molecule has 1 aliphatic carbocycles. The third-order valence-corrected chi connectivity index (χ3v) is 6.84. The molecule has 0 spiro atoms. The van der Waals surface area contributed by atoms with Gasteiger partial charge in [-0.1, -0.05) is 49.4 Å². The number of nitrogens with zero attached hydrogens (tertiary/aromatic N) is 3. The fourth-order valence-electron chi connectivity index (χ4n) is 5.15. The minimum absolute atomic E-state index is 0.241. The Balaban J connectivity index is 1.83. The zero-order valence-corrected chi connectivity index (χ0v) is 22.4. The maximum atomic E-state index is 13.1. The van der Waals surface area contributed by atoms with Gasteiger partial charge in [-0.25, -0.2) is 9.78 Å². The molecular formula is C31H35N3O3. The number of hydrogen-bond donors (Lipinski definition) is 1. The van der Waals surface area contributed by atoms with Crippen LogP contribution in [0.1, 0.15) is 90.9 Å². The summed E-state index contributed by atoms with van der Waals surface area (Å²) in [5.41, 5.74) is 6.69. The van der Waals surface area contributed by atoms with Gasteiger partial charge in [-0.2, -0.15) is 5.26 Å². The van der Waals surface area contributed by atoms with E-state index in [4.69, 9.17) is 9.72 Å². The van der Waals surface area contributed by atoms with Crippen molar-refractivity contribution in [1.82, 2.24) is 9.55 Å². The lowest BCUT2D eigenvalue weighted by atomic mass is 9.90. The molecule has 0 amide bonds. The molecule has 192 valence electrons. The first-order valence-electron chi connectivity index (χ1n) is 13.0. The summed E-state index contributed by atoms with van der Waals surface area (Å²) in [5.74, 6) is 0.278.